The summed E-state index contributed by atoms with van der Waals surface area (Å²) < 4.78 is 31.3. The second kappa shape index (κ2) is 16.3. The van der Waals surface area contributed by atoms with Crippen LogP contribution >= 0.6 is 11.6 Å². The number of nitrogen functional groups attached to an aromatic ring is 1. The third kappa shape index (κ3) is 8.84. The maximum atomic E-state index is 14.2. The van der Waals surface area contributed by atoms with E-state index in [0.717, 1.165) is 21.0 Å². The Bertz CT molecular complexity index is 2190. The molecule has 0 aliphatic heterocycles. The number of imidazole rings is 1. The van der Waals surface area contributed by atoms with Crippen molar-refractivity contribution in [3.8, 4) is 5.88 Å². The molecule has 276 valence electrons. The lowest BCUT2D eigenvalue weighted by Crippen LogP contribution is -2.53. The summed E-state index contributed by atoms with van der Waals surface area (Å²) in [5, 5.41) is 26.7. The van der Waals surface area contributed by atoms with Crippen LogP contribution in [0.4, 0.5) is 5.69 Å². The number of halogens is 1. The van der Waals surface area contributed by atoms with Gasteiger partial charge < -0.3 is 21.3 Å². The minimum atomic E-state index is -4.14. The van der Waals surface area contributed by atoms with Crippen LogP contribution in [0.1, 0.15) is 45.0 Å². The first-order valence-corrected chi connectivity index (χ1v) is 18.9. The molecule has 52 heavy (non-hydrogen) atoms. The number of pyridine rings is 1. The summed E-state index contributed by atoms with van der Waals surface area (Å²) in [5.74, 6) is -1.44. The van der Waals surface area contributed by atoms with E-state index < -0.39 is 45.7 Å². The zero-order chi connectivity index (χ0) is 37.7. The van der Waals surface area contributed by atoms with Gasteiger partial charge in [0.05, 0.1) is 51.7 Å². The molecule has 0 aliphatic rings. The maximum absolute atomic E-state index is 14.2. The fourth-order valence-corrected chi connectivity index (χ4v) is 7.98. The van der Waals surface area contributed by atoms with E-state index in [2.05, 4.69) is 10.3 Å². The number of hydrogen-bond donors (Lipinski definition) is 4. The van der Waals surface area contributed by atoms with Gasteiger partial charge in [0.25, 0.3) is 0 Å². The van der Waals surface area contributed by atoms with E-state index in [1.54, 1.807) is 19.9 Å². The van der Waals surface area contributed by atoms with E-state index >= 15 is 0 Å². The largest absolute Gasteiger partial charge is 0.493 e. The summed E-state index contributed by atoms with van der Waals surface area (Å²) >= 11 is 6.06. The number of aromatic hydroxyl groups is 1. The number of amides is 1. The van der Waals surface area contributed by atoms with Gasteiger partial charge >= 0.3 is 5.69 Å². The van der Waals surface area contributed by atoms with Gasteiger partial charge in [0, 0.05) is 18.5 Å². The number of aromatic nitrogens is 3. The van der Waals surface area contributed by atoms with Gasteiger partial charge in [0.2, 0.25) is 21.8 Å². The Balaban J connectivity index is 1.44. The highest BCUT2D eigenvalue weighted by molar-refractivity contribution is 7.89. The number of aliphatic hydroxyl groups is 1. The molecule has 3 atom stereocenters. The highest BCUT2D eigenvalue weighted by atomic mass is 35.5. The van der Waals surface area contributed by atoms with Crippen LogP contribution < -0.4 is 16.7 Å². The third-order valence-electron chi connectivity index (χ3n) is 8.81. The molecule has 0 bridgehead atoms. The minimum Gasteiger partial charge on any atom is -0.493 e. The zero-order valence-corrected chi connectivity index (χ0v) is 31.1. The molecule has 2 heterocycles. The lowest BCUT2D eigenvalue weighted by atomic mass is 9.98. The molecule has 0 saturated carbocycles. The monoisotopic (exact) mass is 748 g/mol. The number of fused-ring (bicyclic) bond motifs is 1. The molecule has 2 aromatic heterocycles. The lowest BCUT2D eigenvalue weighted by Gasteiger charge is -2.32. The Hall–Kier alpha value is -4.69. The number of carbonyl (C=O) groups is 1. The number of rotatable bonds is 15. The summed E-state index contributed by atoms with van der Waals surface area (Å²) in [7, 11) is -4.14. The SMILES string of the molecule is CC(C)CN(C[C@@H](O)[C@H](Cc1ccccc1)NC(=O)[C@H](C(C)C)n1cc(O)n(Cc2ccc3ccccc3n2)c1=O)S(=O)(=O)c1ccc(Cl)c(N)c1. The van der Waals surface area contributed by atoms with Crippen molar-refractivity contribution in [2.75, 3.05) is 18.8 Å². The number of hydrogen-bond acceptors (Lipinski definition) is 8. The van der Waals surface area contributed by atoms with Gasteiger partial charge in [-0.1, -0.05) is 93.9 Å². The van der Waals surface area contributed by atoms with Crippen molar-refractivity contribution >= 4 is 44.1 Å². The fourth-order valence-electron chi connectivity index (χ4n) is 6.21. The highest BCUT2D eigenvalue weighted by Crippen LogP contribution is 2.26. The van der Waals surface area contributed by atoms with Gasteiger partial charge in [-0.25, -0.2) is 13.2 Å². The average Bonchev–Trinajstić information content (AvgIpc) is 3.36. The molecule has 1 amide bonds. The summed E-state index contributed by atoms with van der Waals surface area (Å²) in [5.41, 5.74) is 7.51. The first-order valence-electron chi connectivity index (χ1n) is 17.1. The zero-order valence-electron chi connectivity index (χ0n) is 29.6. The van der Waals surface area contributed by atoms with Crippen LogP contribution in [-0.4, -0.2) is 68.2 Å². The summed E-state index contributed by atoms with van der Waals surface area (Å²) in [6, 6.07) is 22.4. The predicted octanol–water partition coefficient (Wildman–Crippen LogP) is 4.82. The fraction of sp³-hybridized carbons (Fsp3) is 0.342. The number of para-hydroxylation sites is 1. The number of aliphatic hydroxyl groups excluding tert-OH is 1. The molecule has 0 spiro atoms. The van der Waals surface area contributed by atoms with E-state index in [1.807, 2.05) is 74.5 Å². The van der Waals surface area contributed by atoms with Crippen LogP contribution in [0.25, 0.3) is 10.9 Å². The van der Waals surface area contributed by atoms with E-state index in [-0.39, 0.29) is 53.5 Å². The normalized spacial score (nSPS) is 13.9. The van der Waals surface area contributed by atoms with Crippen LogP contribution in [0.15, 0.2) is 101 Å². The van der Waals surface area contributed by atoms with E-state index in [4.69, 9.17) is 17.3 Å². The summed E-state index contributed by atoms with van der Waals surface area (Å²) in [6.45, 7) is 6.97. The van der Waals surface area contributed by atoms with Crippen molar-refractivity contribution in [2.45, 2.75) is 63.7 Å². The second-order valence-corrected chi connectivity index (χ2v) is 16.1. The van der Waals surface area contributed by atoms with Crippen LogP contribution in [0.3, 0.4) is 0 Å². The number of nitrogens with two attached hydrogens (primary N) is 1. The molecule has 12 nitrogen and oxygen atoms in total. The Morgan fingerprint density at radius 3 is 2.35 bits per heavy atom. The smallest absolute Gasteiger partial charge is 0.332 e. The molecular formula is C38H45ClN6O6S. The number of carbonyl (C=O) groups excluding carboxylic acids is 1. The van der Waals surface area contributed by atoms with Gasteiger partial charge in [-0.05, 0) is 54.2 Å². The number of nitrogens with one attached hydrogen (secondary N) is 1. The highest BCUT2D eigenvalue weighted by Gasteiger charge is 2.34. The van der Waals surface area contributed by atoms with Gasteiger partial charge in [0.15, 0.2) is 0 Å². The molecule has 3 aromatic carbocycles. The molecule has 0 unspecified atom stereocenters. The van der Waals surface area contributed by atoms with Crippen LogP contribution in [0.2, 0.25) is 5.02 Å². The van der Waals surface area contributed by atoms with Gasteiger partial charge in [-0.3, -0.25) is 18.9 Å². The standard InChI is InChI=1S/C38H45ClN6O6S/c1-24(2)20-43(52(50,51)29-16-17-30(39)31(40)19-29)22-34(46)33(18-26-10-6-5-7-11-26)42-37(48)36(25(3)4)45-23-35(47)44(38(45)49)21-28-15-14-27-12-8-9-13-32(27)41-28/h5-17,19,23-25,33-34,36,46-47H,18,20-22,40H2,1-4H3,(H,42,48)/t33-,34+,36-/m0/s1. The van der Waals surface area contributed by atoms with Crippen molar-refractivity contribution in [1.29, 1.82) is 0 Å². The van der Waals surface area contributed by atoms with Gasteiger partial charge in [-0.15, -0.1) is 0 Å². The Labute approximate surface area is 308 Å². The average molecular weight is 749 g/mol. The lowest BCUT2D eigenvalue weighted by molar-refractivity contribution is -0.127. The molecule has 14 heteroatoms. The van der Waals surface area contributed by atoms with Crippen LogP contribution in [0.5, 0.6) is 5.88 Å². The topological polar surface area (TPSA) is 173 Å². The molecular weight excluding hydrogens is 704 g/mol. The number of anilines is 1. The maximum Gasteiger partial charge on any atom is 0.332 e. The first kappa shape index (κ1) is 38.5. The van der Waals surface area contributed by atoms with E-state index in [1.165, 1.54) is 33.3 Å². The molecule has 0 aliphatic carbocycles. The Morgan fingerprint density at radius 1 is 0.981 bits per heavy atom. The van der Waals surface area contributed by atoms with Gasteiger partial charge in [0.1, 0.15) is 6.04 Å². The molecule has 5 N–H and O–H groups in total. The van der Waals surface area contributed by atoms with Crippen molar-refractivity contribution < 1.29 is 23.4 Å². The second-order valence-electron chi connectivity index (χ2n) is 13.7. The quantitative estimate of drug-likeness (QED) is 0.110. The van der Waals surface area contributed by atoms with Gasteiger partial charge in [-0.2, -0.15) is 4.31 Å². The van der Waals surface area contributed by atoms with Crippen molar-refractivity contribution in [1.82, 2.24) is 23.7 Å². The number of nitrogens with zero attached hydrogens (tertiary/aromatic N) is 4. The van der Waals surface area contributed by atoms with Crippen molar-refractivity contribution in [3.05, 3.63) is 118 Å². The van der Waals surface area contributed by atoms with Crippen molar-refractivity contribution in [2.24, 2.45) is 11.8 Å². The predicted molar refractivity (Wildman–Crippen MR) is 203 cm³/mol. The third-order valence-corrected chi connectivity index (χ3v) is 11.0. The molecule has 0 radical (unpaired) electrons. The Morgan fingerprint density at radius 2 is 1.67 bits per heavy atom. The number of sulfonamides is 1. The summed E-state index contributed by atoms with van der Waals surface area (Å²) in [4.78, 5) is 32.5. The van der Waals surface area contributed by atoms with Crippen LogP contribution in [-0.2, 0) is 27.8 Å². The van der Waals surface area contributed by atoms with Crippen LogP contribution in [0, 0.1) is 11.8 Å². The molecule has 0 saturated heterocycles. The molecule has 5 rings (SSSR count). The van der Waals surface area contributed by atoms with Crippen molar-refractivity contribution in [3.63, 3.8) is 0 Å². The van der Waals surface area contributed by atoms with E-state index in [9.17, 15) is 28.2 Å². The molecule has 5 aromatic rings. The number of benzene rings is 3. The van der Waals surface area contributed by atoms with E-state index in [0.29, 0.717) is 5.69 Å². The summed E-state index contributed by atoms with van der Waals surface area (Å²) in [6.07, 6.45) is 0.0193. The Kier molecular flexibility index (Phi) is 12.1. The molecule has 0 fully saturated rings. The first-order chi connectivity index (χ1) is 24.6. The minimum absolute atomic E-state index is 0.0241.